The number of aryl methyl sites for hydroxylation is 2. The fourth-order valence-corrected chi connectivity index (χ4v) is 3.87. The molecule has 3 heterocycles. The Morgan fingerprint density at radius 3 is 3.07 bits per heavy atom. The Morgan fingerprint density at radius 2 is 2.22 bits per heavy atom. The summed E-state index contributed by atoms with van der Waals surface area (Å²) in [5.41, 5.74) is 0.843. The first-order valence-corrected chi connectivity index (χ1v) is 10.1. The minimum atomic E-state index is 0.496. The molecular formula is C17H16N6O2S2. The van der Waals surface area contributed by atoms with Crippen LogP contribution in [0.25, 0.3) is 11.4 Å². The van der Waals surface area contributed by atoms with Gasteiger partial charge in [-0.3, -0.25) is 0 Å². The van der Waals surface area contributed by atoms with Crippen LogP contribution in [0.4, 0.5) is 0 Å². The van der Waals surface area contributed by atoms with Gasteiger partial charge in [0.1, 0.15) is 5.75 Å². The smallest absolute Gasteiger partial charge is 0.237 e. The molecule has 27 heavy (non-hydrogen) atoms. The first-order chi connectivity index (χ1) is 13.3. The third kappa shape index (κ3) is 4.34. The van der Waals surface area contributed by atoms with Gasteiger partial charge in [0.25, 0.3) is 0 Å². The van der Waals surface area contributed by atoms with E-state index in [0.29, 0.717) is 17.5 Å². The molecule has 4 aromatic rings. The molecule has 0 aliphatic carbocycles. The first-order valence-electron chi connectivity index (χ1n) is 8.20. The number of rotatable bonds is 8. The van der Waals surface area contributed by atoms with E-state index in [1.807, 2.05) is 30.3 Å². The molecular weight excluding hydrogens is 384 g/mol. The Balaban J connectivity index is 1.38. The van der Waals surface area contributed by atoms with Crippen molar-refractivity contribution in [3.8, 4) is 17.1 Å². The van der Waals surface area contributed by atoms with Gasteiger partial charge in [0.15, 0.2) is 0 Å². The number of ether oxygens (including phenoxy) is 1. The lowest BCUT2D eigenvalue weighted by Crippen LogP contribution is -2.04. The molecule has 0 aliphatic heterocycles. The molecule has 0 bridgehead atoms. The number of methoxy groups -OCH3 is 1. The van der Waals surface area contributed by atoms with Crippen molar-refractivity contribution in [3.05, 3.63) is 52.5 Å². The highest BCUT2D eigenvalue weighted by atomic mass is 32.2. The van der Waals surface area contributed by atoms with Crippen LogP contribution in [0.5, 0.6) is 5.75 Å². The lowest BCUT2D eigenvalue weighted by Gasteiger charge is -2.01. The van der Waals surface area contributed by atoms with Gasteiger partial charge in [0.05, 0.1) is 19.4 Å². The summed E-state index contributed by atoms with van der Waals surface area (Å²) >= 11 is 3.20. The Morgan fingerprint density at radius 1 is 1.26 bits per heavy atom. The average Bonchev–Trinajstić information content (AvgIpc) is 3.46. The number of thioether (sulfide) groups is 1. The summed E-state index contributed by atoms with van der Waals surface area (Å²) in [6.45, 7) is 0.731. The van der Waals surface area contributed by atoms with E-state index in [2.05, 4.69) is 37.1 Å². The van der Waals surface area contributed by atoms with E-state index < -0.39 is 0 Å². The molecule has 0 amide bonds. The summed E-state index contributed by atoms with van der Waals surface area (Å²) < 4.78 is 12.4. The summed E-state index contributed by atoms with van der Waals surface area (Å²) in [4.78, 5) is 5.75. The van der Waals surface area contributed by atoms with Gasteiger partial charge in [-0.2, -0.15) is 4.98 Å². The third-order valence-corrected chi connectivity index (χ3v) is 5.65. The molecule has 0 fully saturated rings. The van der Waals surface area contributed by atoms with Crippen LogP contribution in [0, 0.1) is 0 Å². The zero-order valence-corrected chi connectivity index (χ0v) is 16.1. The van der Waals surface area contributed by atoms with Gasteiger partial charge in [-0.05, 0) is 34.0 Å². The minimum absolute atomic E-state index is 0.496. The fourth-order valence-electron chi connectivity index (χ4n) is 2.43. The molecule has 0 saturated carbocycles. The number of tetrazole rings is 1. The zero-order chi connectivity index (χ0) is 18.5. The average molecular weight is 400 g/mol. The lowest BCUT2D eigenvalue weighted by atomic mass is 10.2. The molecule has 0 radical (unpaired) electrons. The summed E-state index contributed by atoms with van der Waals surface area (Å²) in [5.74, 6) is 2.29. The number of hydrogen-bond donors (Lipinski definition) is 0. The van der Waals surface area contributed by atoms with E-state index in [0.717, 1.165) is 29.4 Å². The van der Waals surface area contributed by atoms with E-state index in [1.54, 1.807) is 23.1 Å². The van der Waals surface area contributed by atoms with Gasteiger partial charge in [-0.25, -0.2) is 4.68 Å². The maximum Gasteiger partial charge on any atom is 0.237 e. The topological polar surface area (TPSA) is 91.8 Å². The second-order valence-electron chi connectivity index (χ2n) is 5.55. The number of thiophene rings is 1. The molecule has 4 rings (SSSR count). The quantitative estimate of drug-likeness (QED) is 0.416. The van der Waals surface area contributed by atoms with Crippen molar-refractivity contribution in [2.45, 2.75) is 23.9 Å². The van der Waals surface area contributed by atoms with E-state index in [4.69, 9.17) is 9.26 Å². The van der Waals surface area contributed by atoms with Crippen LogP contribution < -0.4 is 4.74 Å². The largest absolute Gasteiger partial charge is 0.497 e. The predicted molar refractivity (Wildman–Crippen MR) is 102 cm³/mol. The molecule has 8 nitrogen and oxygen atoms in total. The van der Waals surface area contributed by atoms with Gasteiger partial charge in [0.2, 0.25) is 16.9 Å². The monoisotopic (exact) mass is 400 g/mol. The third-order valence-electron chi connectivity index (χ3n) is 3.77. The Hall–Kier alpha value is -2.72. The molecule has 0 saturated heterocycles. The Bertz CT molecular complexity index is 998. The van der Waals surface area contributed by atoms with Crippen molar-refractivity contribution in [3.63, 3.8) is 0 Å². The molecule has 0 atom stereocenters. The van der Waals surface area contributed by atoms with Crippen LogP contribution >= 0.6 is 23.1 Å². The fraction of sp³-hybridized carbons (Fsp3) is 0.235. The van der Waals surface area contributed by atoms with Crippen LogP contribution in [0.15, 0.2) is 51.5 Å². The lowest BCUT2D eigenvalue weighted by molar-refractivity contribution is 0.391. The molecule has 3 aromatic heterocycles. The molecule has 10 heteroatoms. The molecule has 0 spiro atoms. The van der Waals surface area contributed by atoms with E-state index in [-0.39, 0.29) is 0 Å². The second kappa shape index (κ2) is 8.31. The van der Waals surface area contributed by atoms with Gasteiger partial charge in [0, 0.05) is 16.9 Å². The number of aromatic nitrogens is 6. The van der Waals surface area contributed by atoms with Crippen LogP contribution in [0.2, 0.25) is 0 Å². The van der Waals surface area contributed by atoms with E-state index in [9.17, 15) is 0 Å². The van der Waals surface area contributed by atoms with E-state index in [1.165, 1.54) is 16.6 Å². The zero-order valence-electron chi connectivity index (χ0n) is 14.5. The van der Waals surface area contributed by atoms with Crippen molar-refractivity contribution < 1.29 is 9.26 Å². The Labute approximate surface area is 163 Å². The summed E-state index contributed by atoms with van der Waals surface area (Å²) in [7, 11) is 1.63. The van der Waals surface area contributed by atoms with E-state index >= 15 is 0 Å². The normalized spacial score (nSPS) is 11.0. The number of nitrogens with zero attached hydrogens (tertiary/aromatic N) is 6. The number of benzene rings is 1. The summed E-state index contributed by atoms with van der Waals surface area (Å²) in [6, 6.07) is 11.7. The SMILES string of the molecule is COc1cccc(-c2noc(CSc3nnnn3CCc3cccs3)n2)c1. The van der Waals surface area contributed by atoms with Gasteiger partial charge >= 0.3 is 0 Å². The van der Waals surface area contributed by atoms with Crippen molar-refractivity contribution in [1.29, 1.82) is 0 Å². The first kappa shape index (κ1) is 17.7. The number of hydrogen-bond acceptors (Lipinski definition) is 9. The van der Waals surface area contributed by atoms with Crippen molar-refractivity contribution in [2.75, 3.05) is 7.11 Å². The van der Waals surface area contributed by atoms with Crippen molar-refractivity contribution in [1.82, 2.24) is 30.3 Å². The molecule has 138 valence electrons. The minimum Gasteiger partial charge on any atom is -0.497 e. The van der Waals surface area contributed by atoms with Gasteiger partial charge in [-0.15, -0.1) is 16.4 Å². The summed E-state index contributed by atoms with van der Waals surface area (Å²) in [6.07, 6.45) is 0.900. The molecule has 0 N–H and O–H groups in total. The summed E-state index contributed by atoms with van der Waals surface area (Å²) in [5, 5.41) is 18.8. The predicted octanol–water partition coefficient (Wildman–Crippen LogP) is 3.33. The maximum absolute atomic E-state index is 5.35. The van der Waals surface area contributed by atoms with Crippen molar-refractivity contribution >= 4 is 23.1 Å². The van der Waals surface area contributed by atoms with Crippen LogP contribution in [-0.2, 0) is 18.7 Å². The Kier molecular flexibility index (Phi) is 5.45. The van der Waals surface area contributed by atoms with Crippen LogP contribution in [-0.4, -0.2) is 37.5 Å². The van der Waals surface area contributed by atoms with Crippen LogP contribution in [0.1, 0.15) is 10.8 Å². The van der Waals surface area contributed by atoms with Gasteiger partial charge in [-0.1, -0.05) is 35.1 Å². The molecule has 1 aromatic carbocycles. The van der Waals surface area contributed by atoms with Gasteiger partial charge < -0.3 is 9.26 Å². The van der Waals surface area contributed by atoms with Crippen molar-refractivity contribution in [2.24, 2.45) is 0 Å². The van der Waals surface area contributed by atoms with Crippen LogP contribution in [0.3, 0.4) is 0 Å². The second-order valence-corrected chi connectivity index (χ2v) is 7.52. The highest BCUT2D eigenvalue weighted by Crippen LogP contribution is 2.24. The molecule has 0 unspecified atom stereocenters. The highest BCUT2D eigenvalue weighted by Gasteiger charge is 2.13. The standard InChI is InChI=1S/C17H16N6O2S2/c1-24-13-5-2-4-12(10-13)16-18-15(25-20-16)11-27-17-19-21-22-23(17)8-7-14-6-3-9-26-14/h2-6,9-10H,7-8,11H2,1H3. The maximum atomic E-state index is 5.35. The highest BCUT2D eigenvalue weighted by molar-refractivity contribution is 7.98. The molecule has 0 aliphatic rings.